The fourth-order valence-electron chi connectivity index (χ4n) is 3.36. The summed E-state index contributed by atoms with van der Waals surface area (Å²) >= 11 is 1.61. The standard InChI is InChI=1S/C20H17N5O3S/c21-20-19-14(3-17(28-19)16-10-29-18-6-22-2-1-13(16)18)15(5-23-20)11-4-24-25(7-11)8-12(27)9-26/h1-7,10,12,26-27H,8-9H2,(H2,21,23). The third-order valence-electron chi connectivity index (χ3n) is 4.78. The summed E-state index contributed by atoms with van der Waals surface area (Å²) in [5, 5.41) is 26.9. The third kappa shape index (κ3) is 3.05. The Morgan fingerprint density at radius 2 is 2.10 bits per heavy atom. The summed E-state index contributed by atoms with van der Waals surface area (Å²) < 4.78 is 8.76. The fraction of sp³-hybridized carbons (Fsp3) is 0.150. The largest absolute Gasteiger partial charge is 0.452 e. The monoisotopic (exact) mass is 407 g/mol. The number of fused-ring (bicyclic) bond motifs is 2. The summed E-state index contributed by atoms with van der Waals surface area (Å²) in [6.07, 6.45) is 7.91. The predicted molar refractivity (Wildman–Crippen MR) is 111 cm³/mol. The number of nitrogens with two attached hydrogens (primary N) is 1. The van der Waals surface area contributed by atoms with Crippen molar-refractivity contribution in [3.8, 4) is 22.5 Å². The number of nitrogens with zero attached hydrogens (tertiary/aromatic N) is 4. The molecule has 8 nitrogen and oxygen atoms in total. The molecular weight excluding hydrogens is 390 g/mol. The highest BCUT2D eigenvalue weighted by Crippen LogP contribution is 2.40. The Kier molecular flexibility index (Phi) is 4.27. The minimum Gasteiger partial charge on any atom is -0.452 e. The van der Waals surface area contributed by atoms with Gasteiger partial charge in [0.15, 0.2) is 11.4 Å². The van der Waals surface area contributed by atoms with Crippen LogP contribution in [0.4, 0.5) is 5.82 Å². The Bertz CT molecular complexity index is 1320. The van der Waals surface area contributed by atoms with Crippen LogP contribution < -0.4 is 5.73 Å². The molecule has 0 aliphatic heterocycles. The molecule has 4 N–H and O–H groups in total. The molecule has 0 spiro atoms. The molecule has 0 aliphatic carbocycles. The van der Waals surface area contributed by atoms with Crippen LogP contribution in [0.3, 0.4) is 0 Å². The van der Waals surface area contributed by atoms with Crippen LogP contribution in [0.15, 0.2) is 52.9 Å². The average Bonchev–Trinajstić information content (AvgIpc) is 3.46. The lowest BCUT2D eigenvalue weighted by Crippen LogP contribution is -2.19. The van der Waals surface area contributed by atoms with Crippen LogP contribution in [0.2, 0.25) is 0 Å². The Balaban J connectivity index is 1.62. The number of anilines is 1. The van der Waals surface area contributed by atoms with Gasteiger partial charge in [0.2, 0.25) is 0 Å². The number of nitrogen functional groups attached to an aromatic ring is 1. The number of hydrogen-bond acceptors (Lipinski definition) is 8. The Labute approximate surface area is 168 Å². The molecule has 1 unspecified atom stereocenters. The van der Waals surface area contributed by atoms with Gasteiger partial charge in [-0.3, -0.25) is 9.67 Å². The maximum atomic E-state index is 9.64. The Hall–Kier alpha value is -3.27. The molecule has 0 aromatic carbocycles. The molecule has 0 fully saturated rings. The summed E-state index contributed by atoms with van der Waals surface area (Å²) in [7, 11) is 0. The molecule has 146 valence electrons. The van der Waals surface area contributed by atoms with Crippen LogP contribution in [0.5, 0.6) is 0 Å². The average molecular weight is 407 g/mol. The topological polar surface area (TPSA) is 123 Å². The van der Waals surface area contributed by atoms with Crippen molar-refractivity contribution < 1.29 is 14.6 Å². The van der Waals surface area contributed by atoms with Gasteiger partial charge in [0.25, 0.3) is 0 Å². The minimum absolute atomic E-state index is 0.202. The van der Waals surface area contributed by atoms with E-state index in [1.165, 1.54) is 0 Å². The van der Waals surface area contributed by atoms with Gasteiger partial charge in [0.05, 0.1) is 30.2 Å². The minimum atomic E-state index is -0.866. The van der Waals surface area contributed by atoms with E-state index >= 15 is 0 Å². The maximum absolute atomic E-state index is 9.64. The van der Waals surface area contributed by atoms with E-state index in [2.05, 4.69) is 15.1 Å². The van der Waals surface area contributed by atoms with Gasteiger partial charge in [-0.05, 0) is 12.1 Å². The Morgan fingerprint density at radius 3 is 2.97 bits per heavy atom. The second-order valence-corrected chi connectivity index (χ2v) is 7.63. The van der Waals surface area contributed by atoms with E-state index in [4.69, 9.17) is 15.3 Å². The molecule has 0 bridgehead atoms. The van der Waals surface area contributed by atoms with Crippen molar-refractivity contribution in [1.29, 1.82) is 0 Å². The molecular formula is C20H17N5O3S. The number of aliphatic hydroxyl groups excluding tert-OH is 2. The van der Waals surface area contributed by atoms with Crippen molar-refractivity contribution in [3.05, 3.63) is 48.5 Å². The first-order valence-corrected chi connectivity index (χ1v) is 9.83. The van der Waals surface area contributed by atoms with Crippen LogP contribution >= 0.6 is 11.3 Å². The molecule has 5 rings (SSSR count). The van der Waals surface area contributed by atoms with E-state index in [-0.39, 0.29) is 13.2 Å². The number of aromatic nitrogens is 4. The molecule has 1 atom stereocenters. The predicted octanol–water partition coefficient (Wildman–Crippen LogP) is 2.90. The molecule has 29 heavy (non-hydrogen) atoms. The highest BCUT2D eigenvalue weighted by molar-refractivity contribution is 7.17. The van der Waals surface area contributed by atoms with Crippen molar-refractivity contribution in [2.75, 3.05) is 12.3 Å². The molecule has 0 amide bonds. The van der Waals surface area contributed by atoms with Crippen LogP contribution in [0.25, 0.3) is 43.5 Å². The second-order valence-electron chi connectivity index (χ2n) is 6.72. The van der Waals surface area contributed by atoms with Gasteiger partial charge in [-0.15, -0.1) is 11.3 Å². The normalized spacial score (nSPS) is 12.8. The molecule has 0 radical (unpaired) electrons. The molecule has 9 heteroatoms. The van der Waals surface area contributed by atoms with Gasteiger partial charge in [-0.1, -0.05) is 0 Å². The fourth-order valence-corrected chi connectivity index (χ4v) is 4.27. The summed E-state index contributed by atoms with van der Waals surface area (Å²) in [4.78, 5) is 8.44. The number of rotatable bonds is 5. The van der Waals surface area contributed by atoms with E-state index in [1.54, 1.807) is 40.8 Å². The number of hydrogen-bond donors (Lipinski definition) is 3. The SMILES string of the molecule is Nc1ncc(-c2cnn(CC(O)CO)c2)c2cc(-c3csc4cnccc34)oc12. The number of thiophene rings is 1. The molecule has 0 saturated carbocycles. The Morgan fingerprint density at radius 1 is 1.21 bits per heavy atom. The summed E-state index contributed by atoms with van der Waals surface area (Å²) in [5.74, 6) is 1.03. The quantitative estimate of drug-likeness (QED) is 0.409. The lowest BCUT2D eigenvalue weighted by molar-refractivity contribution is 0.0783. The molecule has 5 aromatic rings. The zero-order valence-electron chi connectivity index (χ0n) is 15.2. The van der Waals surface area contributed by atoms with Crippen molar-refractivity contribution in [2.45, 2.75) is 12.6 Å². The zero-order valence-corrected chi connectivity index (χ0v) is 16.0. The summed E-state index contributed by atoms with van der Waals surface area (Å²) in [5.41, 5.74) is 9.23. The van der Waals surface area contributed by atoms with Gasteiger partial charge in [0.1, 0.15) is 5.76 Å². The van der Waals surface area contributed by atoms with Crippen molar-refractivity contribution in [3.63, 3.8) is 0 Å². The molecule has 5 aromatic heterocycles. The van der Waals surface area contributed by atoms with Gasteiger partial charge in [0, 0.05) is 57.6 Å². The van der Waals surface area contributed by atoms with Gasteiger partial charge in [-0.25, -0.2) is 4.98 Å². The third-order valence-corrected chi connectivity index (χ3v) is 5.72. The molecule has 0 aliphatic rings. The van der Waals surface area contributed by atoms with Crippen molar-refractivity contribution in [1.82, 2.24) is 19.7 Å². The summed E-state index contributed by atoms with van der Waals surface area (Å²) in [6.45, 7) is -0.119. The molecule has 5 heterocycles. The van der Waals surface area contributed by atoms with E-state index in [0.29, 0.717) is 17.2 Å². The zero-order chi connectivity index (χ0) is 20.0. The van der Waals surface area contributed by atoms with Gasteiger partial charge in [-0.2, -0.15) is 5.10 Å². The maximum Gasteiger partial charge on any atom is 0.177 e. The van der Waals surface area contributed by atoms with Crippen LogP contribution in [0, 0.1) is 0 Å². The van der Waals surface area contributed by atoms with E-state index in [9.17, 15) is 5.11 Å². The second kappa shape index (κ2) is 6.96. The van der Waals surface area contributed by atoms with Gasteiger partial charge >= 0.3 is 0 Å². The number of pyridine rings is 2. The highest BCUT2D eigenvalue weighted by atomic mass is 32.1. The first-order valence-electron chi connectivity index (χ1n) is 8.95. The van der Waals surface area contributed by atoms with E-state index < -0.39 is 6.10 Å². The lowest BCUT2D eigenvalue weighted by Gasteiger charge is -2.06. The van der Waals surface area contributed by atoms with Gasteiger partial charge < -0.3 is 20.4 Å². The van der Waals surface area contributed by atoms with Crippen LogP contribution in [-0.4, -0.2) is 42.7 Å². The van der Waals surface area contributed by atoms with Crippen LogP contribution in [0.1, 0.15) is 0 Å². The van der Waals surface area contributed by atoms with Crippen LogP contribution in [-0.2, 0) is 6.54 Å². The van der Waals surface area contributed by atoms with E-state index in [0.717, 1.165) is 32.2 Å². The summed E-state index contributed by atoms with van der Waals surface area (Å²) in [6, 6.07) is 3.93. The first kappa shape index (κ1) is 17.8. The van der Waals surface area contributed by atoms with E-state index in [1.807, 2.05) is 23.7 Å². The smallest absolute Gasteiger partial charge is 0.177 e. The highest BCUT2D eigenvalue weighted by Gasteiger charge is 2.18. The lowest BCUT2D eigenvalue weighted by atomic mass is 10.1. The van der Waals surface area contributed by atoms with Crippen molar-refractivity contribution in [2.24, 2.45) is 0 Å². The van der Waals surface area contributed by atoms with Crippen molar-refractivity contribution >= 4 is 38.2 Å². The first-order chi connectivity index (χ1) is 14.1. The number of aliphatic hydroxyl groups is 2. The number of furan rings is 1. The molecule has 0 saturated heterocycles.